The van der Waals surface area contributed by atoms with E-state index in [2.05, 4.69) is 9.97 Å². The van der Waals surface area contributed by atoms with E-state index in [-0.39, 0.29) is 5.95 Å². The van der Waals surface area contributed by atoms with Gasteiger partial charge < -0.3 is 5.73 Å². The van der Waals surface area contributed by atoms with E-state index in [9.17, 15) is 0 Å². The molecule has 2 heterocycles. The van der Waals surface area contributed by atoms with Gasteiger partial charge in [0, 0.05) is 5.38 Å². The first-order chi connectivity index (χ1) is 5.27. The molecule has 0 aliphatic rings. The largest absolute Gasteiger partial charge is 0.368 e. The molecule has 3 nitrogen and oxygen atoms in total. The van der Waals surface area contributed by atoms with E-state index in [0.29, 0.717) is 5.02 Å². The summed E-state index contributed by atoms with van der Waals surface area (Å²) >= 11 is 7.32. The summed E-state index contributed by atoms with van der Waals surface area (Å²) in [4.78, 5) is 7.82. The lowest BCUT2D eigenvalue weighted by Crippen LogP contribution is -1.92. The molecule has 5 heteroatoms. The van der Waals surface area contributed by atoms with Crippen LogP contribution >= 0.6 is 22.9 Å². The topological polar surface area (TPSA) is 51.8 Å². The predicted octanol–water partition coefficient (Wildman–Crippen LogP) is 1.93. The Morgan fingerprint density at radius 2 is 2.36 bits per heavy atom. The van der Waals surface area contributed by atoms with E-state index in [1.54, 1.807) is 6.20 Å². The highest BCUT2D eigenvalue weighted by atomic mass is 35.5. The lowest BCUT2D eigenvalue weighted by atomic mass is 10.5. The van der Waals surface area contributed by atoms with Gasteiger partial charge in [-0.25, -0.2) is 9.97 Å². The van der Waals surface area contributed by atoms with Crippen molar-refractivity contribution in [2.24, 2.45) is 0 Å². The Kier molecular flexibility index (Phi) is 1.44. The Hall–Kier alpha value is -0.870. The number of halogens is 1. The fraction of sp³-hybridized carbons (Fsp3) is 0. The fourth-order valence-electron chi connectivity index (χ4n) is 0.813. The number of thiophene rings is 1. The molecule has 11 heavy (non-hydrogen) atoms. The van der Waals surface area contributed by atoms with Gasteiger partial charge in [0.05, 0.1) is 15.9 Å². The zero-order chi connectivity index (χ0) is 7.84. The van der Waals surface area contributed by atoms with Crippen LogP contribution in [0.1, 0.15) is 0 Å². The number of rotatable bonds is 0. The molecule has 0 saturated carbocycles. The molecule has 2 aromatic heterocycles. The van der Waals surface area contributed by atoms with Gasteiger partial charge in [-0.2, -0.15) is 0 Å². The van der Waals surface area contributed by atoms with E-state index in [4.69, 9.17) is 17.3 Å². The summed E-state index contributed by atoms with van der Waals surface area (Å²) in [5.41, 5.74) is 6.12. The lowest BCUT2D eigenvalue weighted by molar-refractivity contribution is 1.25. The van der Waals surface area contributed by atoms with Crippen molar-refractivity contribution in [1.82, 2.24) is 9.97 Å². The molecule has 0 unspecified atom stereocenters. The first kappa shape index (κ1) is 6.82. The second-order valence-corrected chi connectivity index (χ2v) is 3.34. The van der Waals surface area contributed by atoms with Crippen molar-refractivity contribution in [3.05, 3.63) is 16.6 Å². The van der Waals surface area contributed by atoms with Gasteiger partial charge in [-0.05, 0) is 0 Å². The highest BCUT2D eigenvalue weighted by Gasteiger charge is 2.02. The molecule has 0 fully saturated rings. The number of anilines is 1. The van der Waals surface area contributed by atoms with Crippen LogP contribution in [0.15, 0.2) is 11.6 Å². The van der Waals surface area contributed by atoms with Crippen LogP contribution in [0.5, 0.6) is 0 Å². The average Bonchev–Trinajstić information content (AvgIpc) is 2.33. The summed E-state index contributed by atoms with van der Waals surface area (Å²) in [6.45, 7) is 0. The van der Waals surface area contributed by atoms with Crippen LogP contribution in [-0.2, 0) is 0 Å². The van der Waals surface area contributed by atoms with E-state index < -0.39 is 0 Å². The summed E-state index contributed by atoms with van der Waals surface area (Å²) in [7, 11) is 0. The van der Waals surface area contributed by atoms with Gasteiger partial charge in [0.25, 0.3) is 0 Å². The second-order valence-electron chi connectivity index (χ2n) is 2.02. The van der Waals surface area contributed by atoms with Crippen molar-refractivity contribution in [1.29, 1.82) is 0 Å². The lowest BCUT2D eigenvalue weighted by Gasteiger charge is -1.90. The van der Waals surface area contributed by atoms with Crippen LogP contribution in [0.3, 0.4) is 0 Å². The molecule has 0 aliphatic carbocycles. The van der Waals surface area contributed by atoms with Crippen LogP contribution in [-0.4, -0.2) is 9.97 Å². The quantitative estimate of drug-likeness (QED) is 0.683. The second kappa shape index (κ2) is 2.32. The predicted molar refractivity (Wildman–Crippen MR) is 46.8 cm³/mol. The molecule has 0 aromatic carbocycles. The van der Waals surface area contributed by atoms with E-state index in [0.717, 1.165) is 10.2 Å². The molecule has 2 rings (SSSR count). The van der Waals surface area contributed by atoms with Gasteiger partial charge in [0.15, 0.2) is 0 Å². The van der Waals surface area contributed by atoms with Gasteiger partial charge in [-0.15, -0.1) is 11.3 Å². The normalized spacial score (nSPS) is 10.6. The standard InChI is InChI=1S/C6H4ClN3S/c7-3-2-11-4-1-9-6(8)10-5(3)4/h1-2H,(H2,8,9,10). The van der Waals surface area contributed by atoms with Crippen molar-refractivity contribution in [3.8, 4) is 0 Å². The minimum Gasteiger partial charge on any atom is -0.368 e. The number of hydrogen-bond acceptors (Lipinski definition) is 4. The molecule has 0 bridgehead atoms. The minimum atomic E-state index is 0.262. The summed E-state index contributed by atoms with van der Waals surface area (Å²) < 4.78 is 0.962. The number of nitrogens with two attached hydrogens (primary N) is 1. The van der Waals surface area contributed by atoms with Crippen LogP contribution in [0.4, 0.5) is 5.95 Å². The SMILES string of the molecule is Nc1ncc2scc(Cl)c2n1. The highest BCUT2D eigenvalue weighted by molar-refractivity contribution is 7.17. The van der Waals surface area contributed by atoms with Crippen molar-refractivity contribution in [3.63, 3.8) is 0 Å². The number of nitrogen functional groups attached to an aromatic ring is 1. The maximum Gasteiger partial charge on any atom is 0.220 e. The highest BCUT2D eigenvalue weighted by Crippen LogP contribution is 2.27. The minimum absolute atomic E-state index is 0.262. The maximum atomic E-state index is 5.81. The van der Waals surface area contributed by atoms with Crippen molar-refractivity contribution >= 4 is 39.1 Å². The third-order valence-corrected chi connectivity index (χ3v) is 2.61. The van der Waals surface area contributed by atoms with Gasteiger partial charge in [-0.3, -0.25) is 0 Å². The van der Waals surface area contributed by atoms with Gasteiger partial charge in [0.2, 0.25) is 5.95 Å². The van der Waals surface area contributed by atoms with Gasteiger partial charge in [-0.1, -0.05) is 11.6 Å². The van der Waals surface area contributed by atoms with Crippen LogP contribution in [0, 0.1) is 0 Å². The van der Waals surface area contributed by atoms with Crippen molar-refractivity contribution < 1.29 is 0 Å². The van der Waals surface area contributed by atoms with Crippen molar-refractivity contribution in [2.45, 2.75) is 0 Å². The third kappa shape index (κ3) is 1.04. The van der Waals surface area contributed by atoms with Crippen LogP contribution < -0.4 is 5.73 Å². The van der Waals surface area contributed by atoms with Crippen molar-refractivity contribution in [2.75, 3.05) is 5.73 Å². The Morgan fingerprint density at radius 3 is 3.18 bits per heavy atom. The number of aromatic nitrogens is 2. The fourth-order valence-corrected chi connectivity index (χ4v) is 1.87. The summed E-state index contributed by atoms with van der Waals surface area (Å²) in [5, 5.41) is 2.46. The summed E-state index contributed by atoms with van der Waals surface area (Å²) in [6, 6.07) is 0. The van der Waals surface area contributed by atoms with Gasteiger partial charge in [0.1, 0.15) is 5.52 Å². The molecule has 56 valence electrons. The number of hydrogen-bond donors (Lipinski definition) is 1. The molecule has 2 aromatic rings. The molecule has 0 saturated heterocycles. The molecule has 0 amide bonds. The zero-order valence-corrected chi connectivity index (χ0v) is 6.99. The maximum absolute atomic E-state index is 5.81. The molecule has 0 atom stereocenters. The number of nitrogens with zero attached hydrogens (tertiary/aromatic N) is 2. The summed E-state index contributed by atoms with van der Waals surface area (Å²) in [5.74, 6) is 0.262. The molecular weight excluding hydrogens is 182 g/mol. The molecular formula is C6H4ClN3S. The Bertz CT molecular complexity index is 398. The Labute approximate surface area is 71.8 Å². The molecule has 0 aliphatic heterocycles. The molecule has 0 radical (unpaired) electrons. The van der Waals surface area contributed by atoms with Gasteiger partial charge >= 0.3 is 0 Å². The monoisotopic (exact) mass is 185 g/mol. The Morgan fingerprint density at radius 1 is 1.55 bits per heavy atom. The average molecular weight is 186 g/mol. The third-order valence-electron chi connectivity index (χ3n) is 1.29. The summed E-state index contributed by atoms with van der Waals surface area (Å²) in [6.07, 6.45) is 1.67. The van der Waals surface area contributed by atoms with E-state index in [1.165, 1.54) is 11.3 Å². The first-order valence-electron chi connectivity index (χ1n) is 2.92. The smallest absolute Gasteiger partial charge is 0.220 e. The zero-order valence-electron chi connectivity index (χ0n) is 5.41. The number of fused-ring (bicyclic) bond motifs is 1. The van der Waals surface area contributed by atoms with Crippen LogP contribution in [0.2, 0.25) is 5.02 Å². The van der Waals surface area contributed by atoms with E-state index >= 15 is 0 Å². The first-order valence-corrected chi connectivity index (χ1v) is 4.18. The van der Waals surface area contributed by atoms with E-state index in [1.807, 2.05) is 5.38 Å². The van der Waals surface area contributed by atoms with Crippen LogP contribution in [0.25, 0.3) is 10.2 Å². The molecule has 0 spiro atoms. The Balaban J connectivity index is 2.87. The molecule has 2 N–H and O–H groups in total.